The van der Waals surface area contributed by atoms with Crippen molar-refractivity contribution in [2.45, 2.75) is 33.2 Å². The topological polar surface area (TPSA) is 87.9 Å². The zero-order valence-electron chi connectivity index (χ0n) is 14.4. The molecule has 6 nitrogen and oxygen atoms in total. The van der Waals surface area contributed by atoms with E-state index in [1.54, 1.807) is 26.8 Å². The lowest BCUT2D eigenvalue weighted by Gasteiger charge is -2.22. The summed E-state index contributed by atoms with van der Waals surface area (Å²) in [7, 11) is -3.53. The van der Waals surface area contributed by atoms with Gasteiger partial charge in [0.05, 0.1) is 19.8 Å². The molecule has 1 aromatic rings. The lowest BCUT2D eigenvalue weighted by Crippen LogP contribution is -2.32. The van der Waals surface area contributed by atoms with Crippen LogP contribution in [0.1, 0.15) is 32.8 Å². The van der Waals surface area contributed by atoms with E-state index in [1.165, 1.54) is 0 Å². The second-order valence-electron chi connectivity index (χ2n) is 4.94. The SMILES string of the molecule is CCOC(=O)[C@@H](N)C/C(=C/c1ccccc1)P(=O)(OCC)OCC. The van der Waals surface area contributed by atoms with Crippen LogP contribution < -0.4 is 5.73 Å². The highest BCUT2D eigenvalue weighted by Gasteiger charge is 2.32. The number of ether oxygens (including phenoxy) is 1. The molecule has 1 rings (SSSR count). The van der Waals surface area contributed by atoms with Crippen molar-refractivity contribution in [3.63, 3.8) is 0 Å². The lowest BCUT2D eigenvalue weighted by molar-refractivity contribution is -0.144. The largest absolute Gasteiger partial charge is 0.465 e. The lowest BCUT2D eigenvalue weighted by atomic mass is 10.1. The quantitative estimate of drug-likeness (QED) is 0.510. The van der Waals surface area contributed by atoms with Crippen molar-refractivity contribution in [2.24, 2.45) is 5.73 Å². The molecule has 0 spiro atoms. The van der Waals surface area contributed by atoms with E-state index in [0.29, 0.717) is 5.31 Å². The zero-order chi connectivity index (χ0) is 18.0. The number of hydrogen-bond donors (Lipinski definition) is 1. The van der Waals surface area contributed by atoms with Crippen molar-refractivity contribution < 1.29 is 23.1 Å². The predicted molar refractivity (Wildman–Crippen MR) is 94.5 cm³/mol. The fourth-order valence-electron chi connectivity index (χ4n) is 2.09. The summed E-state index contributed by atoms with van der Waals surface area (Å²) in [6.07, 6.45) is 1.73. The molecule has 0 heterocycles. The van der Waals surface area contributed by atoms with Crippen LogP contribution in [0.5, 0.6) is 0 Å². The Hall–Kier alpha value is -1.46. The molecule has 0 saturated carbocycles. The Morgan fingerprint density at radius 1 is 1.12 bits per heavy atom. The van der Waals surface area contributed by atoms with E-state index in [1.807, 2.05) is 30.3 Å². The molecule has 0 radical (unpaired) electrons. The summed E-state index contributed by atoms with van der Waals surface area (Å²) in [6.45, 7) is 5.85. The van der Waals surface area contributed by atoms with Crippen molar-refractivity contribution in [1.29, 1.82) is 0 Å². The Morgan fingerprint density at radius 3 is 2.21 bits per heavy atom. The third kappa shape index (κ3) is 6.21. The molecule has 0 fully saturated rings. The minimum absolute atomic E-state index is 0.0327. The fourth-order valence-corrected chi connectivity index (χ4v) is 3.91. The summed E-state index contributed by atoms with van der Waals surface area (Å²) < 4.78 is 28.8. The maximum atomic E-state index is 13.1. The third-order valence-corrected chi connectivity index (χ3v) is 5.31. The van der Waals surface area contributed by atoms with Gasteiger partial charge in [0, 0.05) is 11.7 Å². The van der Waals surface area contributed by atoms with Gasteiger partial charge in [-0.05, 0) is 32.4 Å². The molecule has 134 valence electrons. The van der Waals surface area contributed by atoms with Crippen LogP contribution in [-0.2, 0) is 23.1 Å². The normalized spacial score (nSPS) is 13.6. The van der Waals surface area contributed by atoms with Gasteiger partial charge in [0.1, 0.15) is 6.04 Å². The number of hydrogen-bond acceptors (Lipinski definition) is 6. The first-order valence-corrected chi connectivity index (χ1v) is 9.58. The van der Waals surface area contributed by atoms with Gasteiger partial charge in [-0.2, -0.15) is 0 Å². The van der Waals surface area contributed by atoms with Crippen LogP contribution in [0, 0.1) is 0 Å². The van der Waals surface area contributed by atoms with Crippen molar-refractivity contribution in [1.82, 2.24) is 0 Å². The number of carbonyl (C=O) groups excluding carboxylic acids is 1. The summed E-state index contributed by atoms with van der Waals surface area (Å²) in [4.78, 5) is 11.8. The fraction of sp³-hybridized carbons (Fsp3) is 0.471. The number of rotatable bonds is 10. The van der Waals surface area contributed by atoms with Crippen LogP contribution in [0.25, 0.3) is 6.08 Å². The molecule has 0 unspecified atom stereocenters. The standard InChI is InChI=1S/C17H26NO5P/c1-4-21-17(19)16(18)13-15(12-14-10-8-7-9-11-14)24(20,22-5-2)23-6-3/h7-12,16H,4-6,13,18H2,1-3H3/b15-12-/t16-/m0/s1. The van der Waals surface area contributed by atoms with Gasteiger partial charge in [0.2, 0.25) is 0 Å². The Balaban J connectivity index is 3.18. The summed E-state index contributed by atoms with van der Waals surface area (Å²) in [5.74, 6) is -0.545. The molecule has 1 atom stereocenters. The second kappa shape index (κ2) is 10.4. The van der Waals surface area contributed by atoms with Crippen LogP contribution >= 0.6 is 7.60 Å². The van der Waals surface area contributed by atoms with Gasteiger partial charge in [0.25, 0.3) is 0 Å². The Morgan fingerprint density at radius 2 is 1.71 bits per heavy atom. The molecule has 0 aliphatic carbocycles. The van der Waals surface area contributed by atoms with Crippen molar-refractivity contribution in [3.8, 4) is 0 Å². The maximum absolute atomic E-state index is 13.1. The number of esters is 1. The third-order valence-electron chi connectivity index (χ3n) is 3.10. The van der Waals surface area contributed by atoms with E-state index >= 15 is 0 Å². The molecule has 0 amide bonds. The predicted octanol–water partition coefficient (Wildman–Crippen LogP) is 3.57. The minimum atomic E-state index is -3.53. The van der Waals surface area contributed by atoms with Gasteiger partial charge in [-0.15, -0.1) is 0 Å². The number of nitrogens with two attached hydrogens (primary N) is 1. The summed E-state index contributed by atoms with van der Waals surface area (Å²) in [6, 6.07) is 8.39. The minimum Gasteiger partial charge on any atom is -0.465 e. The van der Waals surface area contributed by atoms with Gasteiger partial charge in [-0.1, -0.05) is 30.3 Å². The van der Waals surface area contributed by atoms with E-state index in [0.717, 1.165) is 5.56 Å². The van der Waals surface area contributed by atoms with E-state index in [9.17, 15) is 9.36 Å². The van der Waals surface area contributed by atoms with Crippen molar-refractivity contribution >= 4 is 19.6 Å². The Labute approximate surface area is 143 Å². The average molecular weight is 355 g/mol. The molecule has 0 aromatic heterocycles. The van der Waals surface area contributed by atoms with E-state index in [2.05, 4.69) is 0 Å². The highest BCUT2D eigenvalue weighted by molar-refractivity contribution is 7.58. The summed E-state index contributed by atoms with van der Waals surface area (Å²) >= 11 is 0. The summed E-state index contributed by atoms with van der Waals surface area (Å²) in [5.41, 5.74) is 6.72. The molecule has 7 heteroatoms. The molecular weight excluding hydrogens is 329 g/mol. The van der Waals surface area contributed by atoms with Crippen molar-refractivity contribution in [2.75, 3.05) is 19.8 Å². The maximum Gasteiger partial charge on any atom is 0.357 e. The van der Waals surface area contributed by atoms with Gasteiger partial charge < -0.3 is 19.5 Å². The molecular formula is C17H26NO5P. The van der Waals surface area contributed by atoms with Gasteiger partial charge in [0.15, 0.2) is 0 Å². The first-order chi connectivity index (χ1) is 11.5. The highest BCUT2D eigenvalue weighted by Crippen LogP contribution is 2.58. The van der Waals surface area contributed by atoms with Gasteiger partial charge >= 0.3 is 13.6 Å². The van der Waals surface area contributed by atoms with Crippen LogP contribution in [0.15, 0.2) is 35.6 Å². The smallest absolute Gasteiger partial charge is 0.357 e. The van der Waals surface area contributed by atoms with Crippen LogP contribution in [0.3, 0.4) is 0 Å². The molecule has 2 N–H and O–H groups in total. The number of benzene rings is 1. The molecule has 0 saturated heterocycles. The van der Waals surface area contributed by atoms with Gasteiger partial charge in [-0.25, -0.2) is 0 Å². The molecule has 0 bridgehead atoms. The summed E-state index contributed by atoms with van der Waals surface area (Å²) in [5, 5.41) is 0.359. The Bertz CT molecular complexity index is 578. The van der Waals surface area contributed by atoms with Crippen LogP contribution in [-0.4, -0.2) is 31.8 Å². The number of carbonyl (C=O) groups is 1. The van der Waals surface area contributed by atoms with E-state index in [-0.39, 0.29) is 26.2 Å². The molecule has 24 heavy (non-hydrogen) atoms. The van der Waals surface area contributed by atoms with Crippen LogP contribution in [0.4, 0.5) is 0 Å². The van der Waals surface area contributed by atoms with E-state index < -0.39 is 19.6 Å². The zero-order valence-corrected chi connectivity index (χ0v) is 15.3. The first kappa shape index (κ1) is 20.6. The van der Waals surface area contributed by atoms with Crippen LogP contribution in [0.2, 0.25) is 0 Å². The first-order valence-electron chi connectivity index (χ1n) is 8.04. The van der Waals surface area contributed by atoms with E-state index in [4.69, 9.17) is 19.5 Å². The van der Waals surface area contributed by atoms with Crippen molar-refractivity contribution in [3.05, 3.63) is 41.2 Å². The molecule has 0 aliphatic rings. The average Bonchev–Trinajstić information content (AvgIpc) is 2.55. The molecule has 0 aliphatic heterocycles. The Kier molecular flexibility index (Phi) is 8.93. The molecule has 1 aromatic carbocycles. The monoisotopic (exact) mass is 355 g/mol. The second-order valence-corrected chi connectivity index (χ2v) is 7.03. The van der Waals surface area contributed by atoms with Gasteiger partial charge in [-0.3, -0.25) is 9.36 Å². The highest BCUT2D eigenvalue weighted by atomic mass is 31.2.